The third-order valence-electron chi connectivity index (χ3n) is 8.14. The molecular weight excluding hydrogens is 857 g/mol. The second-order valence-corrected chi connectivity index (χ2v) is 12.2. The first-order valence-electron chi connectivity index (χ1n) is 16.5. The SMILES string of the molecule is COc1nn(-c2cnc(C(F)(F)F)nc2)cc1CCl.COc1nn(-c2cnc(C(F)(F)F)nc2)cc1CN1C(=O)c2ccccc2C1=O.O=C1[N-]C(=O)c2ccccc21.[K+]. The van der Waals surface area contributed by atoms with Crippen molar-refractivity contribution >= 4 is 35.2 Å². The van der Waals surface area contributed by atoms with E-state index in [1.165, 1.54) is 36.0 Å². The number of rotatable bonds is 7. The average Bonchev–Trinajstić information content (AvgIpc) is 3.98. The molecular formula is C36H24ClF6KN10O6. The number of hydrogen-bond donors (Lipinski definition) is 0. The van der Waals surface area contributed by atoms with E-state index in [1.807, 2.05) is 0 Å². The molecule has 0 N–H and O–H groups in total. The number of carbonyl (C=O) groups is 4. The molecule has 16 nitrogen and oxygen atoms in total. The minimum absolute atomic E-state index is 0. The summed E-state index contributed by atoms with van der Waals surface area (Å²) in [6, 6.07) is 13.1. The van der Waals surface area contributed by atoms with Gasteiger partial charge in [0.15, 0.2) is 0 Å². The first-order chi connectivity index (χ1) is 28.0. The Bertz CT molecular complexity index is 2460. The van der Waals surface area contributed by atoms with Crippen LogP contribution in [-0.4, -0.2) is 82.2 Å². The monoisotopic (exact) mass is 880 g/mol. The summed E-state index contributed by atoms with van der Waals surface area (Å²) in [7, 11) is 2.77. The van der Waals surface area contributed by atoms with Crippen molar-refractivity contribution in [2.24, 2.45) is 0 Å². The predicted octanol–water partition coefficient (Wildman–Crippen LogP) is 3.27. The standard InChI is InChI=1S/C18H12F3N5O3.C10H8ClF3N4O.C8H5NO2.K/c1-29-14-10(8-25-15(27)12-4-2-3-5-13(12)16(25)28)9-26(24-14)11-6-22-17(23-7-11)18(19,20)21;1-19-8-6(2-11)5-18(17-8)7-3-15-9(16-4-7)10(12,13)14;10-7-5-3-1-2-4-6(5)8(11)9-7;/h2-7,9H,8H2,1H3;3-5H,2H2,1H3;1-4H,(H,9,10,11);/q;;;+1/p-1. The van der Waals surface area contributed by atoms with Gasteiger partial charge in [-0.15, -0.1) is 21.8 Å². The second kappa shape index (κ2) is 18.8. The van der Waals surface area contributed by atoms with Crippen molar-refractivity contribution in [1.82, 2.24) is 44.4 Å². The molecule has 0 radical (unpaired) electrons. The van der Waals surface area contributed by atoms with Crippen LogP contribution < -0.4 is 60.9 Å². The number of hydrogen-bond acceptors (Lipinski definition) is 12. The Labute approximate surface area is 381 Å². The van der Waals surface area contributed by atoms with E-state index in [2.05, 4.69) is 35.5 Å². The van der Waals surface area contributed by atoms with E-state index >= 15 is 0 Å². The van der Waals surface area contributed by atoms with E-state index in [9.17, 15) is 45.5 Å². The zero-order valence-electron chi connectivity index (χ0n) is 31.1. The normalized spacial score (nSPS) is 13.0. The van der Waals surface area contributed by atoms with Crippen molar-refractivity contribution in [1.29, 1.82) is 0 Å². The Morgan fingerprint density at radius 1 is 0.617 bits per heavy atom. The molecule has 2 aliphatic rings. The molecule has 0 atom stereocenters. The van der Waals surface area contributed by atoms with Crippen molar-refractivity contribution < 1.29 is 106 Å². The number of imide groups is 2. The summed E-state index contributed by atoms with van der Waals surface area (Å²) in [5.74, 6) is -3.63. The van der Waals surface area contributed by atoms with Crippen LogP contribution in [0.2, 0.25) is 0 Å². The van der Waals surface area contributed by atoms with Gasteiger partial charge in [-0.2, -0.15) is 26.3 Å². The van der Waals surface area contributed by atoms with Gasteiger partial charge in [-0.25, -0.2) is 29.3 Å². The van der Waals surface area contributed by atoms with E-state index in [0.717, 1.165) is 29.7 Å². The van der Waals surface area contributed by atoms with Crippen LogP contribution in [0.15, 0.2) is 85.7 Å². The van der Waals surface area contributed by atoms with Crippen LogP contribution in [0.3, 0.4) is 0 Å². The maximum Gasteiger partial charge on any atom is 1.00 e. The molecule has 60 heavy (non-hydrogen) atoms. The molecule has 0 spiro atoms. The largest absolute Gasteiger partial charge is 1.00 e. The Morgan fingerprint density at radius 3 is 1.33 bits per heavy atom. The maximum absolute atomic E-state index is 12.6. The molecule has 0 fully saturated rings. The quantitative estimate of drug-likeness (QED) is 0.0986. The van der Waals surface area contributed by atoms with E-state index in [1.54, 1.807) is 48.5 Å². The third-order valence-corrected chi connectivity index (χ3v) is 8.43. The zero-order valence-corrected chi connectivity index (χ0v) is 34.9. The van der Waals surface area contributed by atoms with Gasteiger partial charge in [-0.05, 0) is 12.1 Å². The van der Waals surface area contributed by atoms with Gasteiger partial charge in [-0.3, -0.25) is 14.5 Å². The van der Waals surface area contributed by atoms with Crippen LogP contribution >= 0.6 is 11.6 Å². The Morgan fingerprint density at radius 2 is 0.983 bits per heavy atom. The van der Waals surface area contributed by atoms with Crippen LogP contribution in [0.4, 0.5) is 26.3 Å². The van der Waals surface area contributed by atoms with Crippen LogP contribution in [0.25, 0.3) is 16.7 Å². The van der Waals surface area contributed by atoms with Crippen molar-refractivity contribution in [3.63, 3.8) is 0 Å². The summed E-state index contributed by atoms with van der Waals surface area (Å²) >= 11 is 5.68. The van der Waals surface area contributed by atoms with E-state index < -0.39 is 47.6 Å². The Balaban J connectivity index is 0.000000188. The number of alkyl halides is 7. The summed E-state index contributed by atoms with van der Waals surface area (Å²) in [5, 5.41) is 11.4. The molecule has 6 heterocycles. The molecule has 24 heteroatoms. The molecule has 0 saturated carbocycles. The molecule has 304 valence electrons. The molecule has 2 aliphatic heterocycles. The van der Waals surface area contributed by atoms with Crippen molar-refractivity contribution in [2.75, 3.05) is 14.2 Å². The van der Waals surface area contributed by atoms with Crippen LogP contribution in [-0.2, 0) is 24.8 Å². The summed E-state index contributed by atoms with van der Waals surface area (Å²) < 4.78 is 87.5. The topological polar surface area (TPSA) is 191 Å². The van der Waals surface area contributed by atoms with Gasteiger partial charge < -0.3 is 24.4 Å². The number of benzene rings is 2. The van der Waals surface area contributed by atoms with Gasteiger partial charge in [0, 0.05) is 29.1 Å². The number of nitrogens with zero attached hydrogens (tertiary/aromatic N) is 10. The number of carbonyl (C=O) groups excluding carboxylic acids is 4. The summed E-state index contributed by atoms with van der Waals surface area (Å²) in [6.45, 7) is -0.114. The summed E-state index contributed by atoms with van der Waals surface area (Å²) in [5.41, 5.74) is 2.88. The predicted molar refractivity (Wildman–Crippen MR) is 190 cm³/mol. The van der Waals surface area contributed by atoms with Gasteiger partial charge >= 0.3 is 63.7 Å². The Kier molecular flexibility index (Phi) is 14.2. The fourth-order valence-electron chi connectivity index (χ4n) is 5.39. The number of halogens is 7. The number of ether oxygens (including phenoxy) is 2. The summed E-state index contributed by atoms with van der Waals surface area (Å²) in [4.78, 5) is 61.0. The molecule has 0 bridgehead atoms. The fraction of sp³-hybridized carbons (Fsp3) is 0.167. The Hall–Kier alpha value is -5.59. The van der Waals surface area contributed by atoms with Gasteiger partial charge in [0.1, 0.15) is 11.4 Å². The smallest absolute Gasteiger partial charge is 0.587 e. The molecule has 8 rings (SSSR count). The van der Waals surface area contributed by atoms with Crippen molar-refractivity contribution in [3.8, 4) is 23.1 Å². The molecule has 0 unspecified atom stereocenters. The number of aromatic nitrogens is 8. The first kappa shape index (κ1) is 45.5. The van der Waals surface area contributed by atoms with Crippen molar-refractivity contribution in [3.05, 3.63) is 136 Å². The number of fused-ring (bicyclic) bond motifs is 2. The van der Waals surface area contributed by atoms with Gasteiger partial charge in [0.2, 0.25) is 23.4 Å². The van der Waals surface area contributed by atoms with Crippen LogP contribution in [0.5, 0.6) is 11.8 Å². The van der Waals surface area contributed by atoms with E-state index in [4.69, 9.17) is 21.1 Å². The van der Waals surface area contributed by atoms with Gasteiger partial charge in [0.05, 0.1) is 79.9 Å². The number of methoxy groups -OCH3 is 2. The number of amides is 4. The second-order valence-electron chi connectivity index (χ2n) is 11.9. The third kappa shape index (κ3) is 9.88. The minimum atomic E-state index is -4.66. The minimum Gasteiger partial charge on any atom is -0.587 e. The fourth-order valence-corrected chi connectivity index (χ4v) is 5.57. The van der Waals surface area contributed by atoms with Crippen molar-refractivity contribution in [2.45, 2.75) is 24.8 Å². The van der Waals surface area contributed by atoms with E-state index in [-0.39, 0.29) is 81.1 Å². The molecule has 6 aromatic rings. The molecule has 4 aromatic heterocycles. The van der Waals surface area contributed by atoms with Crippen LogP contribution in [0, 0.1) is 0 Å². The average molecular weight is 881 g/mol. The van der Waals surface area contributed by atoms with Crippen LogP contribution in [0.1, 0.15) is 64.2 Å². The molecule has 0 saturated heterocycles. The molecule has 0 aliphatic carbocycles. The molecule has 4 amide bonds. The summed E-state index contributed by atoms with van der Waals surface area (Å²) in [6.07, 6.45) is -2.26. The first-order valence-corrected chi connectivity index (χ1v) is 17.0. The maximum atomic E-state index is 12.6. The molecule has 2 aromatic carbocycles. The van der Waals surface area contributed by atoms with Gasteiger partial charge in [-0.1, -0.05) is 36.4 Å². The van der Waals surface area contributed by atoms with Gasteiger partial charge in [0.25, 0.3) is 11.8 Å². The zero-order chi connectivity index (χ0) is 42.6. The van der Waals surface area contributed by atoms with E-state index in [0.29, 0.717) is 39.3 Å².